The van der Waals surface area contributed by atoms with Gasteiger partial charge in [-0.25, -0.2) is 9.67 Å². The summed E-state index contributed by atoms with van der Waals surface area (Å²) in [6.45, 7) is 3.61. The molecule has 2 rings (SSSR count). The van der Waals surface area contributed by atoms with E-state index in [4.69, 9.17) is 16.3 Å². The number of hydrogen-bond acceptors (Lipinski definition) is 5. The minimum Gasteiger partial charge on any atom is -0.463 e. The Kier molecular flexibility index (Phi) is 5.25. The molecule has 1 atom stereocenters. The van der Waals surface area contributed by atoms with Gasteiger partial charge in [0.1, 0.15) is 11.7 Å². The Hall–Kier alpha value is -1.53. The van der Waals surface area contributed by atoms with Crippen LogP contribution in [0.3, 0.4) is 0 Å². The van der Waals surface area contributed by atoms with Gasteiger partial charge in [0, 0.05) is 10.6 Å². The van der Waals surface area contributed by atoms with E-state index >= 15 is 0 Å². The highest BCUT2D eigenvalue weighted by Crippen LogP contribution is 2.21. The van der Waals surface area contributed by atoms with Crippen molar-refractivity contribution in [3.8, 4) is 11.4 Å². The molecule has 1 heterocycles. The maximum absolute atomic E-state index is 11.6. The van der Waals surface area contributed by atoms with E-state index in [0.717, 1.165) is 5.56 Å². The number of hydrogen-bond donors (Lipinski definition) is 1. The Balaban J connectivity index is 2.07. The molecule has 0 unspecified atom stereocenters. The molecule has 7 heteroatoms. The number of nitrogens with zero attached hydrogens (tertiary/aromatic N) is 3. The number of esters is 1. The predicted octanol–water partition coefficient (Wildman–Crippen LogP) is 3.37. The van der Waals surface area contributed by atoms with E-state index in [9.17, 15) is 4.79 Å². The first-order valence-corrected chi connectivity index (χ1v) is 7.40. The highest BCUT2D eigenvalue weighted by atomic mass is 35.5. The third kappa shape index (κ3) is 4.47. The molecular weight excluding hydrogens is 310 g/mol. The quantitative estimate of drug-likeness (QED) is 0.676. The first-order valence-electron chi connectivity index (χ1n) is 6.50. The Bertz CT molecular complexity index is 630. The fourth-order valence-corrected chi connectivity index (χ4v) is 2.18. The Labute approximate surface area is 133 Å². The van der Waals surface area contributed by atoms with Crippen LogP contribution < -0.4 is 0 Å². The Morgan fingerprint density at radius 2 is 2.24 bits per heavy atom. The molecule has 0 saturated carbocycles. The molecule has 5 nitrogen and oxygen atoms in total. The van der Waals surface area contributed by atoms with Crippen molar-refractivity contribution < 1.29 is 9.53 Å². The SMILES string of the molecule is CC(C)OC(=O)C[C@@H](S)n1cnc(-c2cccc(Cl)c2)n1. The summed E-state index contributed by atoms with van der Waals surface area (Å²) in [5.41, 5.74) is 0.812. The van der Waals surface area contributed by atoms with E-state index in [1.54, 1.807) is 26.0 Å². The van der Waals surface area contributed by atoms with Gasteiger partial charge in [-0.05, 0) is 26.0 Å². The average molecular weight is 326 g/mol. The molecule has 0 bridgehead atoms. The lowest BCUT2D eigenvalue weighted by Gasteiger charge is -2.12. The molecule has 21 heavy (non-hydrogen) atoms. The smallest absolute Gasteiger partial charge is 0.309 e. The zero-order chi connectivity index (χ0) is 15.4. The number of carbonyl (C=O) groups is 1. The topological polar surface area (TPSA) is 57.0 Å². The van der Waals surface area contributed by atoms with Crippen molar-refractivity contribution >= 4 is 30.2 Å². The van der Waals surface area contributed by atoms with Gasteiger partial charge >= 0.3 is 5.97 Å². The minimum atomic E-state index is -0.420. The maximum Gasteiger partial charge on any atom is 0.309 e. The second-order valence-electron chi connectivity index (χ2n) is 4.78. The van der Waals surface area contributed by atoms with E-state index in [-0.39, 0.29) is 18.5 Å². The summed E-state index contributed by atoms with van der Waals surface area (Å²) in [7, 11) is 0. The van der Waals surface area contributed by atoms with Crippen LogP contribution in [-0.4, -0.2) is 26.8 Å². The summed E-state index contributed by atoms with van der Waals surface area (Å²) in [6, 6.07) is 7.26. The lowest BCUT2D eigenvalue weighted by molar-refractivity contribution is -0.147. The summed E-state index contributed by atoms with van der Waals surface area (Å²) >= 11 is 10.3. The van der Waals surface area contributed by atoms with Crippen molar-refractivity contribution in [2.75, 3.05) is 0 Å². The third-order valence-corrected chi connectivity index (χ3v) is 3.27. The molecule has 1 aromatic carbocycles. The molecule has 0 aliphatic carbocycles. The molecule has 2 aromatic rings. The number of benzene rings is 1. The van der Waals surface area contributed by atoms with E-state index in [2.05, 4.69) is 22.7 Å². The van der Waals surface area contributed by atoms with Crippen LogP contribution in [0, 0.1) is 0 Å². The van der Waals surface area contributed by atoms with Gasteiger partial charge in [-0.2, -0.15) is 12.6 Å². The van der Waals surface area contributed by atoms with Crippen molar-refractivity contribution in [3.63, 3.8) is 0 Å². The van der Waals surface area contributed by atoms with E-state index < -0.39 is 5.37 Å². The van der Waals surface area contributed by atoms with Gasteiger partial charge in [0.25, 0.3) is 0 Å². The molecule has 0 amide bonds. The molecule has 0 aliphatic rings. The summed E-state index contributed by atoms with van der Waals surface area (Å²) in [5.74, 6) is 0.221. The first-order chi connectivity index (χ1) is 9.95. The molecule has 1 aromatic heterocycles. The number of thiol groups is 1. The van der Waals surface area contributed by atoms with Crippen molar-refractivity contribution in [1.82, 2.24) is 14.8 Å². The summed E-state index contributed by atoms with van der Waals surface area (Å²) in [5, 5.41) is 4.51. The van der Waals surface area contributed by atoms with Crippen LogP contribution in [0.25, 0.3) is 11.4 Å². The minimum absolute atomic E-state index is 0.125. The fourth-order valence-electron chi connectivity index (χ4n) is 1.73. The number of aromatic nitrogens is 3. The van der Waals surface area contributed by atoms with Crippen LogP contribution in [0.4, 0.5) is 0 Å². The van der Waals surface area contributed by atoms with Gasteiger partial charge < -0.3 is 4.74 Å². The van der Waals surface area contributed by atoms with E-state index in [1.165, 1.54) is 11.0 Å². The molecule has 0 saturated heterocycles. The second-order valence-corrected chi connectivity index (χ2v) is 5.81. The average Bonchev–Trinajstić information content (AvgIpc) is 2.87. The second kappa shape index (κ2) is 6.95. The molecular formula is C14H16ClN3O2S. The monoisotopic (exact) mass is 325 g/mol. The highest BCUT2D eigenvalue weighted by Gasteiger charge is 2.16. The molecule has 0 aliphatic heterocycles. The van der Waals surface area contributed by atoms with Gasteiger partial charge in [-0.15, -0.1) is 5.10 Å². The molecule has 0 spiro atoms. The maximum atomic E-state index is 11.6. The molecule has 0 N–H and O–H groups in total. The van der Waals surface area contributed by atoms with Crippen molar-refractivity contribution in [1.29, 1.82) is 0 Å². The molecule has 112 valence electrons. The Morgan fingerprint density at radius 1 is 1.48 bits per heavy atom. The lowest BCUT2D eigenvalue weighted by Crippen LogP contribution is -2.16. The molecule has 0 fully saturated rings. The summed E-state index contributed by atoms with van der Waals surface area (Å²) in [6.07, 6.45) is 1.52. The van der Waals surface area contributed by atoms with E-state index in [0.29, 0.717) is 10.8 Å². The zero-order valence-electron chi connectivity index (χ0n) is 11.7. The van der Waals surface area contributed by atoms with E-state index in [1.807, 2.05) is 12.1 Å². The van der Waals surface area contributed by atoms with Crippen LogP contribution in [-0.2, 0) is 9.53 Å². The summed E-state index contributed by atoms with van der Waals surface area (Å²) < 4.78 is 6.61. The van der Waals surface area contributed by atoms with Crippen LogP contribution in [0.15, 0.2) is 30.6 Å². The first kappa shape index (κ1) is 15.9. The predicted molar refractivity (Wildman–Crippen MR) is 84.3 cm³/mol. The van der Waals surface area contributed by atoms with Gasteiger partial charge in [0.2, 0.25) is 0 Å². The van der Waals surface area contributed by atoms with Crippen LogP contribution >= 0.6 is 24.2 Å². The van der Waals surface area contributed by atoms with Crippen LogP contribution in [0.5, 0.6) is 0 Å². The number of rotatable bonds is 5. The van der Waals surface area contributed by atoms with Gasteiger partial charge in [0.15, 0.2) is 5.82 Å². The number of halogens is 1. The van der Waals surface area contributed by atoms with Crippen molar-refractivity contribution in [2.45, 2.75) is 31.7 Å². The normalized spacial score (nSPS) is 12.4. The Morgan fingerprint density at radius 3 is 2.90 bits per heavy atom. The number of carbonyl (C=O) groups excluding carboxylic acids is 1. The summed E-state index contributed by atoms with van der Waals surface area (Å²) in [4.78, 5) is 15.8. The largest absolute Gasteiger partial charge is 0.463 e. The van der Waals surface area contributed by atoms with Crippen LogP contribution in [0.2, 0.25) is 5.02 Å². The number of ether oxygens (including phenoxy) is 1. The van der Waals surface area contributed by atoms with Crippen molar-refractivity contribution in [3.05, 3.63) is 35.6 Å². The zero-order valence-corrected chi connectivity index (χ0v) is 13.4. The van der Waals surface area contributed by atoms with Gasteiger partial charge in [-0.1, -0.05) is 23.7 Å². The lowest BCUT2D eigenvalue weighted by atomic mass is 10.2. The molecule has 0 radical (unpaired) electrons. The van der Waals surface area contributed by atoms with Crippen molar-refractivity contribution in [2.24, 2.45) is 0 Å². The highest BCUT2D eigenvalue weighted by molar-refractivity contribution is 7.80. The van der Waals surface area contributed by atoms with Crippen LogP contribution in [0.1, 0.15) is 25.6 Å². The van der Waals surface area contributed by atoms with Gasteiger partial charge in [-0.3, -0.25) is 4.79 Å². The standard InChI is InChI=1S/C14H16ClN3O2S/c1-9(2)20-13(19)7-12(21)18-8-16-14(17-18)10-4-3-5-11(15)6-10/h3-6,8-9,12,21H,7H2,1-2H3/t12-/m1/s1. The van der Waals surface area contributed by atoms with Gasteiger partial charge in [0.05, 0.1) is 12.5 Å². The fraction of sp³-hybridized carbons (Fsp3) is 0.357. The third-order valence-electron chi connectivity index (χ3n) is 2.61.